The van der Waals surface area contributed by atoms with E-state index in [9.17, 15) is 9.18 Å². The van der Waals surface area contributed by atoms with Gasteiger partial charge >= 0.3 is 0 Å². The summed E-state index contributed by atoms with van der Waals surface area (Å²) in [6.07, 6.45) is 5.49. The summed E-state index contributed by atoms with van der Waals surface area (Å²) >= 11 is 0. The van der Waals surface area contributed by atoms with Gasteiger partial charge in [0.1, 0.15) is 6.10 Å². The highest BCUT2D eigenvalue weighted by atomic mass is 35.5. The van der Waals surface area contributed by atoms with Gasteiger partial charge in [-0.15, -0.1) is 24.8 Å². The van der Waals surface area contributed by atoms with Crippen LogP contribution in [0.15, 0.2) is 24.3 Å². The van der Waals surface area contributed by atoms with Gasteiger partial charge < -0.3 is 20.3 Å². The Hall–Kier alpha value is -1.08. The molecule has 3 saturated heterocycles. The Morgan fingerprint density at radius 3 is 2.67 bits per heavy atom. The summed E-state index contributed by atoms with van der Waals surface area (Å²) in [6.45, 7) is 4.77. The summed E-state index contributed by atoms with van der Waals surface area (Å²) in [5, 5.41) is 7.24. The van der Waals surface area contributed by atoms with Crippen molar-refractivity contribution in [3.63, 3.8) is 0 Å². The van der Waals surface area contributed by atoms with Crippen molar-refractivity contribution in [1.82, 2.24) is 15.5 Å². The predicted octanol–water partition coefficient (Wildman–Crippen LogP) is 3.41. The fourth-order valence-electron chi connectivity index (χ4n) is 4.93. The smallest absolute Gasteiger partial charge is 0.222 e. The molecule has 0 unspecified atom stereocenters. The van der Waals surface area contributed by atoms with Gasteiger partial charge in [0.15, 0.2) is 11.6 Å². The highest BCUT2D eigenvalue weighted by molar-refractivity contribution is 5.85. The number of ether oxygens (including phenoxy) is 1. The second kappa shape index (κ2) is 12.1. The number of nitrogens with one attached hydrogen (secondary N) is 2. The van der Waals surface area contributed by atoms with E-state index in [0.29, 0.717) is 37.2 Å². The number of benzene rings is 1. The number of carbonyl (C=O) groups excluding carboxylic acids is 1. The molecular weight excluding hydrogens is 428 g/mol. The summed E-state index contributed by atoms with van der Waals surface area (Å²) in [5.41, 5.74) is 0. The Kier molecular flexibility index (Phi) is 10.1. The highest BCUT2D eigenvalue weighted by Gasteiger charge is 2.32. The van der Waals surface area contributed by atoms with Crippen molar-refractivity contribution in [3.8, 4) is 5.75 Å². The molecule has 5 nitrogen and oxygen atoms in total. The number of amides is 1. The van der Waals surface area contributed by atoms with E-state index < -0.39 is 0 Å². The molecule has 1 aromatic carbocycles. The van der Waals surface area contributed by atoms with Crippen molar-refractivity contribution in [2.75, 3.05) is 32.7 Å². The van der Waals surface area contributed by atoms with Crippen LogP contribution < -0.4 is 15.4 Å². The predicted molar refractivity (Wildman–Crippen MR) is 121 cm³/mol. The van der Waals surface area contributed by atoms with Crippen molar-refractivity contribution in [2.45, 2.75) is 50.7 Å². The minimum absolute atomic E-state index is 0. The number of fused-ring (bicyclic) bond motifs is 2. The van der Waals surface area contributed by atoms with Gasteiger partial charge in [-0.25, -0.2) is 4.39 Å². The first-order chi connectivity index (χ1) is 13.7. The Balaban J connectivity index is 0.00000160. The Labute approximate surface area is 191 Å². The summed E-state index contributed by atoms with van der Waals surface area (Å²) < 4.78 is 19.5. The SMILES string of the molecule is Cl.Cl.O=C(CCC[C@@H]1NC[C@@H]2CNC[C@H]1C2)N1CCC(Oc2ccccc2F)CC1. The first-order valence-electron chi connectivity index (χ1n) is 10.8. The van der Waals surface area contributed by atoms with Crippen LogP contribution in [0.4, 0.5) is 4.39 Å². The number of likely N-dealkylation sites (tertiary alicyclic amines) is 1. The van der Waals surface area contributed by atoms with Crippen molar-refractivity contribution >= 4 is 30.7 Å². The number of piperidine rings is 3. The second-order valence-corrected chi connectivity index (χ2v) is 8.56. The van der Waals surface area contributed by atoms with Gasteiger partial charge in [0.2, 0.25) is 5.91 Å². The van der Waals surface area contributed by atoms with E-state index in [1.165, 1.54) is 12.5 Å². The molecule has 1 aromatic rings. The Bertz CT molecular complexity index is 674. The molecule has 0 aromatic heterocycles. The number of carbonyl (C=O) groups is 1. The molecule has 1 amide bonds. The molecular formula is C22H34Cl2FN3O2. The molecule has 4 rings (SSSR count). The summed E-state index contributed by atoms with van der Waals surface area (Å²) in [7, 11) is 0. The third-order valence-electron chi connectivity index (χ3n) is 6.54. The zero-order valence-electron chi connectivity index (χ0n) is 17.4. The molecule has 3 aliphatic rings. The topological polar surface area (TPSA) is 53.6 Å². The molecule has 0 saturated carbocycles. The number of hydrogen-bond donors (Lipinski definition) is 2. The van der Waals surface area contributed by atoms with E-state index in [2.05, 4.69) is 10.6 Å². The molecule has 3 fully saturated rings. The van der Waals surface area contributed by atoms with Crippen LogP contribution in [-0.2, 0) is 4.79 Å². The molecule has 170 valence electrons. The summed E-state index contributed by atoms with van der Waals surface area (Å²) in [4.78, 5) is 14.5. The maximum atomic E-state index is 13.7. The molecule has 3 heterocycles. The van der Waals surface area contributed by atoms with Crippen molar-refractivity contribution in [1.29, 1.82) is 0 Å². The highest BCUT2D eigenvalue weighted by Crippen LogP contribution is 2.27. The van der Waals surface area contributed by atoms with Crippen LogP contribution in [-0.4, -0.2) is 55.7 Å². The van der Waals surface area contributed by atoms with Gasteiger partial charge in [0.25, 0.3) is 0 Å². The zero-order valence-corrected chi connectivity index (χ0v) is 19.0. The van der Waals surface area contributed by atoms with Crippen LogP contribution in [0.25, 0.3) is 0 Å². The Morgan fingerprint density at radius 1 is 1.13 bits per heavy atom. The lowest BCUT2D eigenvalue weighted by Crippen LogP contribution is -2.54. The lowest BCUT2D eigenvalue weighted by atomic mass is 9.80. The van der Waals surface area contributed by atoms with E-state index in [-0.39, 0.29) is 42.6 Å². The first-order valence-corrected chi connectivity index (χ1v) is 10.8. The van der Waals surface area contributed by atoms with Crippen LogP contribution in [0, 0.1) is 17.7 Å². The molecule has 2 N–H and O–H groups in total. The maximum absolute atomic E-state index is 13.7. The first kappa shape index (κ1) is 25.2. The lowest BCUT2D eigenvalue weighted by molar-refractivity contribution is -0.133. The lowest BCUT2D eigenvalue weighted by Gasteiger charge is -2.41. The summed E-state index contributed by atoms with van der Waals surface area (Å²) in [6, 6.07) is 7.07. The number of nitrogens with zero attached hydrogens (tertiary/aromatic N) is 1. The maximum Gasteiger partial charge on any atom is 0.222 e. The number of hydrogen-bond acceptors (Lipinski definition) is 4. The fraction of sp³-hybridized carbons (Fsp3) is 0.682. The van der Waals surface area contributed by atoms with E-state index in [4.69, 9.17) is 4.74 Å². The minimum Gasteiger partial charge on any atom is -0.487 e. The molecule has 0 radical (unpaired) electrons. The van der Waals surface area contributed by atoms with Gasteiger partial charge in [0, 0.05) is 38.4 Å². The molecule has 8 heteroatoms. The normalized spacial score (nSPS) is 26.3. The minimum atomic E-state index is -0.322. The van der Waals surface area contributed by atoms with Gasteiger partial charge in [-0.05, 0) is 62.9 Å². The number of para-hydroxylation sites is 1. The zero-order chi connectivity index (χ0) is 19.3. The van der Waals surface area contributed by atoms with Crippen molar-refractivity contribution < 1.29 is 13.9 Å². The van der Waals surface area contributed by atoms with Crippen LogP contribution in [0.3, 0.4) is 0 Å². The molecule has 2 bridgehead atoms. The average Bonchev–Trinajstić information content (AvgIpc) is 2.72. The van der Waals surface area contributed by atoms with E-state index in [1.54, 1.807) is 18.2 Å². The van der Waals surface area contributed by atoms with Crippen molar-refractivity contribution in [2.24, 2.45) is 11.8 Å². The molecule has 3 aliphatic heterocycles. The number of rotatable bonds is 6. The van der Waals surface area contributed by atoms with Gasteiger partial charge in [0.05, 0.1) is 0 Å². The Morgan fingerprint density at radius 2 is 1.90 bits per heavy atom. The average molecular weight is 462 g/mol. The largest absolute Gasteiger partial charge is 0.487 e. The van der Waals surface area contributed by atoms with Gasteiger partial charge in [-0.2, -0.15) is 0 Å². The van der Waals surface area contributed by atoms with Crippen LogP contribution >= 0.6 is 24.8 Å². The molecule has 0 aliphatic carbocycles. The summed E-state index contributed by atoms with van der Waals surface area (Å²) in [5.74, 6) is 1.74. The molecule has 3 atom stereocenters. The van der Waals surface area contributed by atoms with E-state index in [1.807, 2.05) is 4.90 Å². The van der Waals surface area contributed by atoms with Crippen LogP contribution in [0.1, 0.15) is 38.5 Å². The van der Waals surface area contributed by atoms with Crippen LogP contribution in [0.2, 0.25) is 0 Å². The van der Waals surface area contributed by atoms with Crippen molar-refractivity contribution in [3.05, 3.63) is 30.1 Å². The fourth-order valence-corrected chi connectivity index (χ4v) is 4.93. The monoisotopic (exact) mass is 461 g/mol. The van der Waals surface area contributed by atoms with Gasteiger partial charge in [-0.1, -0.05) is 12.1 Å². The van der Waals surface area contributed by atoms with E-state index in [0.717, 1.165) is 51.2 Å². The third kappa shape index (κ3) is 6.46. The standard InChI is InChI=1S/C22H32FN3O2.2ClH/c23-19-4-1-2-6-21(19)28-18-8-10-26(11-9-18)22(27)7-3-5-20-17-12-16(14-25-20)13-24-15-17;;/h1-2,4,6,16-18,20,24-25H,3,5,7-15H2;2*1H/t16-,17+,20-;;/m0../s1. The molecule has 30 heavy (non-hydrogen) atoms. The number of halogens is 3. The molecule has 0 spiro atoms. The van der Waals surface area contributed by atoms with E-state index >= 15 is 0 Å². The van der Waals surface area contributed by atoms with Crippen LogP contribution in [0.5, 0.6) is 5.75 Å². The third-order valence-corrected chi connectivity index (χ3v) is 6.54. The second-order valence-electron chi connectivity index (χ2n) is 8.56. The quantitative estimate of drug-likeness (QED) is 0.681. The van der Waals surface area contributed by atoms with Gasteiger partial charge in [-0.3, -0.25) is 4.79 Å².